The van der Waals surface area contributed by atoms with Crippen LogP contribution in [0.1, 0.15) is 47.5 Å². The maximum Gasteiger partial charge on any atom is -0.0182 e. The van der Waals surface area contributed by atoms with Crippen molar-refractivity contribution in [3.05, 3.63) is 12.7 Å². The number of rotatable bonds is 6. The highest BCUT2D eigenvalue weighted by molar-refractivity contribution is 4.87. The molecule has 0 aliphatic rings. The summed E-state index contributed by atoms with van der Waals surface area (Å²) in [6.45, 7) is 15.5. The number of hydrogen-bond acceptors (Lipinski definition) is 0. The molecule has 0 saturated heterocycles. The van der Waals surface area contributed by atoms with Crippen LogP contribution in [0.4, 0.5) is 0 Å². The molecular formula is C13H26. The van der Waals surface area contributed by atoms with Gasteiger partial charge in [0.2, 0.25) is 0 Å². The Hall–Kier alpha value is -0.260. The van der Waals surface area contributed by atoms with E-state index in [4.69, 9.17) is 0 Å². The Morgan fingerprint density at radius 3 is 2.00 bits per heavy atom. The van der Waals surface area contributed by atoms with Gasteiger partial charge in [0.15, 0.2) is 0 Å². The molecule has 0 fully saturated rings. The molecule has 0 radical (unpaired) electrons. The van der Waals surface area contributed by atoms with E-state index >= 15 is 0 Å². The van der Waals surface area contributed by atoms with Crippen molar-refractivity contribution >= 4 is 0 Å². The minimum atomic E-state index is 0.694. The summed E-state index contributed by atoms with van der Waals surface area (Å²) in [6, 6.07) is 0. The van der Waals surface area contributed by atoms with Crippen molar-refractivity contribution in [1.82, 2.24) is 0 Å². The molecule has 0 aliphatic heterocycles. The second-order valence-electron chi connectivity index (χ2n) is 4.68. The molecule has 0 amide bonds. The maximum atomic E-state index is 3.97. The third kappa shape index (κ3) is 3.97. The Kier molecular flexibility index (Phi) is 6.11. The molecule has 0 spiro atoms. The standard InChI is InChI=1S/C13H26/c1-7-9-11(5)13(8-2)12(6)10(3)4/h8,10-13H,2,7,9H2,1,3-6H3. The predicted molar refractivity (Wildman–Crippen MR) is 61.8 cm³/mol. The lowest BCUT2D eigenvalue weighted by Crippen LogP contribution is -2.21. The van der Waals surface area contributed by atoms with Crippen molar-refractivity contribution in [2.24, 2.45) is 23.7 Å². The van der Waals surface area contributed by atoms with Gasteiger partial charge in [-0.25, -0.2) is 0 Å². The fraction of sp³-hybridized carbons (Fsp3) is 0.846. The van der Waals surface area contributed by atoms with Gasteiger partial charge >= 0.3 is 0 Å². The molecule has 0 N–H and O–H groups in total. The molecular weight excluding hydrogens is 156 g/mol. The predicted octanol–water partition coefficient (Wildman–Crippen LogP) is 4.52. The summed E-state index contributed by atoms with van der Waals surface area (Å²) in [5.74, 6) is 3.02. The van der Waals surface area contributed by atoms with Crippen LogP contribution in [0.15, 0.2) is 12.7 Å². The average Bonchev–Trinajstić information content (AvgIpc) is 2.05. The van der Waals surface area contributed by atoms with Crippen molar-refractivity contribution < 1.29 is 0 Å². The van der Waals surface area contributed by atoms with Crippen LogP contribution in [0.25, 0.3) is 0 Å². The summed E-state index contributed by atoms with van der Waals surface area (Å²) in [5, 5.41) is 0. The monoisotopic (exact) mass is 182 g/mol. The van der Waals surface area contributed by atoms with Crippen LogP contribution in [0.3, 0.4) is 0 Å². The third-order valence-corrected chi connectivity index (χ3v) is 3.33. The van der Waals surface area contributed by atoms with Crippen LogP contribution < -0.4 is 0 Å². The molecule has 3 atom stereocenters. The topological polar surface area (TPSA) is 0 Å². The van der Waals surface area contributed by atoms with E-state index in [0.717, 1.165) is 17.8 Å². The van der Waals surface area contributed by atoms with E-state index in [-0.39, 0.29) is 0 Å². The van der Waals surface area contributed by atoms with E-state index in [1.807, 2.05) is 0 Å². The summed E-state index contributed by atoms with van der Waals surface area (Å²) in [6.07, 6.45) is 4.77. The second kappa shape index (κ2) is 6.23. The van der Waals surface area contributed by atoms with Crippen LogP contribution in [-0.2, 0) is 0 Å². The fourth-order valence-electron chi connectivity index (χ4n) is 2.06. The van der Waals surface area contributed by atoms with Crippen LogP contribution in [-0.4, -0.2) is 0 Å². The van der Waals surface area contributed by atoms with Crippen molar-refractivity contribution in [2.45, 2.75) is 47.5 Å². The highest BCUT2D eigenvalue weighted by atomic mass is 14.3. The van der Waals surface area contributed by atoms with Crippen molar-refractivity contribution in [1.29, 1.82) is 0 Å². The van der Waals surface area contributed by atoms with E-state index < -0.39 is 0 Å². The Morgan fingerprint density at radius 2 is 1.69 bits per heavy atom. The molecule has 3 unspecified atom stereocenters. The molecule has 0 aliphatic carbocycles. The quantitative estimate of drug-likeness (QED) is 0.530. The first-order valence-corrected chi connectivity index (χ1v) is 5.67. The van der Waals surface area contributed by atoms with Gasteiger partial charge in [-0.05, 0) is 23.7 Å². The van der Waals surface area contributed by atoms with Crippen LogP contribution >= 0.6 is 0 Å². The van der Waals surface area contributed by atoms with Gasteiger partial charge in [0, 0.05) is 0 Å². The molecule has 0 heterocycles. The third-order valence-electron chi connectivity index (χ3n) is 3.33. The van der Waals surface area contributed by atoms with Gasteiger partial charge in [0.25, 0.3) is 0 Å². The summed E-state index contributed by atoms with van der Waals surface area (Å²) in [7, 11) is 0. The number of allylic oxidation sites excluding steroid dienone is 1. The molecule has 0 saturated carbocycles. The smallest absolute Gasteiger partial charge is 0.0182 e. The SMILES string of the molecule is C=CC(C(C)CCC)C(C)C(C)C. The molecule has 0 nitrogen and oxygen atoms in total. The zero-order chi connectivity index (χ0) is 10.4. The minimum absolute atomic E-state index is 0.694. The second-order valence-corrected chi connectivity index (χ2v) is 4.68. The first-order chi connectivity index (χ1) is 6.04. The summed E-state index contributed by atoms with van der Waals surface area (Å²) in [5.41, 5.74) is 0. The van der Waals surface area contributed by atoms with Crippen LogP contribution in [0.2, 0.25) is 0 Å². The average molecular weight is 182 g/mol. The van der Waals surface area contributed by atoms with Crippen molar-refractivity contribution in [3.63, 3.8) is 0 Å². The molecule has 78 valence electrons. The van der Waals surface area contributed by atoms with Crippen LogP contribution in [0.5, 0.6) is 0 Å². The molecule has 0 aromatic carbocycles. The van der Waals surface area contributed by atoms with Crippen LogP contribution in [0, 0.1) is 23.7 Å². The van der Waals surface area contributed by atoms with E-state index in [1.165, 1.54) is 12.8 Å². The first-order valence-electron chi connectivity index (χ1n) is 5.67. The Morgan fingerprint density at radius 1 is 1.15 bits per heavy atom. The largest absolute Gasteiger partial charge is 0.103 e. The summed E-state index contributed by atoms with van der Waals surface area (Å²) in [4.78, 5) is 0. The lowest BCUT2D eigenvalue weighted by molar-refractivity contribution is 0.242. The molecule has 0 bridgehead atoms. The lowest BCUT2D eigenvalue weighted by Gasteiger charge is -2.29. The minimum Gasteiger partial charge on any atom is -0.103 e. The van der Waals surface area contributed by atoms with E-state index in [1.54, 1.807) is 0 Å². The zero-order valence-corrected chi connectivity index (χ0v) is 10.0. The number of hydrogen-bond donors (Lipinski definition) is 0. The van der Waals surface area contributed by atoms with Gasteiger partial charge in [-0.2, -0.15) is 0 Å². The molecule has 0 aromatic heterocycles. The van der Waals surface area contributed by atoms with Gasteiger partial charge in [-0.3, -0.25) is 0 Å². The summed E-state index contributed by atoms with van der Waals surface area (Å²) >= 11 is 0. The van der Waals surface area contributed by atoms with E-state index in [0.29, 0.717) is 5.92 Å². The van der Waals surface area contributed by atoms with Gasteiger partial charge in [0.1, 0.15) is 0 Å². The highest BCUT2D eigenvalue weighted by Gasteiger charge is 2.22. The fourth-order valence-corrected chi connectivity index (χ4v) is 2.06. The van der Waals surface area contributed by atoms with E-state index in [9.17, 15) is 0 Å². The maximum absolute atomic E-state index is 3.97. The lowest BCUT2D eigenvalue weighted by atomic mass is 9.76. The Balaban J connectivity index is 4.22. The Bertz CT molecular complexity index is 135. The van der Waals surface area contributed by atoms with Gasteiger partial charge in [-0.1, -0.05) is 53.5 Å². The molecule has 0 rings (SSSR count). The van der Waals surface area contributed by atoms with E-state index in [2.05, 4.69) is 47.3 Å². The van der Waals surface area contributed by atoms with Crippen molar-refractivity contribution in [2.75, 3.05) is 0 Å². The molecule has 0 aromatic rings. The van der Waals surface area contributed by atoms with Gasteiger partial charge in [0.05, 0.1) is 0 Å². The zero-order valence-electron chi connectivity index (χ0n) is 10.0. The summed E-state index contributed by atoms with van der Waals surface area (Å²) < 4.78 is 0. The van der Waals surface area contributed by atoms with Crippen molar-refractivity contribution in [3.8, 4) is 0 Å². The van der Waals surface area contributed by atoms with Gasteiger partial charge in [-0.15, -0.1) is 6.58 Å². The highest BCUT2D eigenvalue weighted by Crippen LogP contribution is 2.30. The molecule has 0 heteroatoms. The normalized spacial score (nSPS) is 18.3. The Labute approximate surface area is 84.4 Å². The first kappa shape index (κ1) is 12.7. The molecule has 13 heavy (non-hydrogen) atoms. The van der Waals surface area contributed by atoms with Gasteiger partial charge < -0.3 is 0 Å².